The van der Waals surface area contributed by atoms with Crippen molar-refractivity contribution in [2.24, 2.45) is 0 Å². The molecule has 0 spiro atoms. The van der Waals surface area contributed by atoms with Gasteiger partial charge in [-0.05, 0) is 47.8 Å². The summed E-state index contributed by atoms with van der Waals surface area (Å²) in [5, 5.41) is 3.09. The fraction of sp³-hybridized carbons (Fsp3) is 0. The molecular weight excluding hydrogens is 410 g/mol. The maximum atomic E-state index is 6.19. The van der Waals surface area contributed by atoms with E-state index in [1.165, 1.54) is 4.70 Å². The average Bonchev–Trinajstić information content (AvgIpc) is 3.49. The molecule has 4 nitrogen and oxygen atoms in total. The SMILES string of the molecule is c1cc(Oc2cccc(-c3ncn4ccccc34)c2)cc(-c2nc3sccc3s2)c1. The van der Waals surface area contributed by atoms with Crippen molar-refractivity contribution in [3.8, 4) is 33.3 Å². The van der Waals surface area contributed by atoms with Gasteiger partial charge < -0.3 is 9.14 Å². The van der Waals surface area contributed by atoms with Gasteiger partial charge in [-0.2, -0.15) is 0 Å². The molecule has 2 aromatic carbocycles. The lowest BCUT2D eigenvalue weighted by Crippen LogP contribution is -1.87. The van der Waals surface area contributed by atoms with Gasteiger partial charge in [0.25, 0.3) is 0 Å². The molecule has 0 fully saturated rings. The summed E-state index contributed by atoms with van der Waals surface area (Å²) in [4.78, 5) is 10.4. The molecule has 0 aliphatic carbocycles. The minimum Gasteiger partial charge on any atom is -0.457 e. The molecule has 0 bridgehead atoms. The molecule has 30 heavy (non-hydrogen) atoms. The molecular formula is C24H15N3OS2. The van der Waals surface area contributed by atoms with Crippen LogP contribution in [0.1, 0.15) is 0 Å². The first kappa shape index (κ1) is 17.4. The Labute approximate surface area is 180 Å². The van der Waals surface area contributed by atoms with Gasteiger partial charge in [0.05, 0.1) is 22.2 Å². The highest BCUT2D eigenvalue weighted by atomic mass is 32.1. The minimum absolute atomic E-state index is 0.779. The second-order valence-electron chi connectivity index (χ2n) is 6.85. The molecule has 0 saturated carbocycles. The molecule has 0 saturated heterocycles. The van der Waals surface area contributed by atoms with Gasteiger partial charge in [0.1, 0.15) is 21.3 Å². The normalized spacial score (nSPS) is 11.3. The van der Waals surface area contributed by atoms with Gasteiger partial charge in [0.2, 0.25) is 0 Å². The van der Waals surface area contributed by atoms with Crippen molar-refractivity contribution < 1.29 is 4.74 Å². The van der Waals surface area contributed by atoms with Crippen molar-refractivity contribution in [3.63, 3.8) is 0 Å². The third-order valence-electron chi connectivity index (χ3n) is 4.89. The summed E-state index contributed by atoms with van der Waals surface area (Å²) in [6.07, 6.45) is 3.83. The number of aromatic nitrogens is 3. The molecule has 6 rings (SSSR count). The summed E-state index contributed by atoms with van der Waals surface area (Å²) < 4.78 is 9.43. The topological polar surface area (TPSA) is 39.4 Å². The standard InChI is InChI=1S/C24H15N3OS2/c1-2-11-27-15-25-22(20(27)9-1)16-5-3-7-18(13-16)28-19-8-4-6-17(14-19)23-26-24-21(30-23)10-12-29-24/h1-15H. The molecule has 4 aromatic heterocycles. The summed E-state index contributed by atoms with van der Waals surface area (Å²) in [5.41, 5.74) is 4.10. The third-order valence-corrected chi connectivity index (χ3v) is 6.89. The molecule has 0 atom stereocenters. The van der Waals surface area contributed by atoms with E-state index in [1.54, 1.807) is 22.7 Å². The van der Waals surface area contributed by atoms with Crippen molar-refractivity contribution >= 4 is 37.7 Å². The molecule has 0 aliphatic rings. The maximum absolute atomic E-state index is 6.19. The maximum Gasteiger partial charge on any atom is 0.135 e. The number of imidazole rings is 1. The molecule has 0 amide bonds. The van der Waals surface area contributed by atoms with Crippen LogP contribution in [0.2, 0.25) is 0 Å². The number of fused-ring (bicyclic) bond motifs is 2. The number of hydrogen-bond acceptors (Lipinski definition) is 5. The lowest BCUT2D eigenvalue weighted by Gasteiger charge is -2.08. The van der Waals surface area contributed by atoms with E-state index in [1.807, 2.05) is 65.5 Å². The Bertz CT molecular complexity index is 1470. The summed E-state index contributed by atoms with van der Waals surface area (Å²) in [5.74, 6) is 1.57. The molecule has 0 N–H and O–H groups in total. The van der Waals surface area contributed by atoms with Crippen molar-refractivity contribution in [2.75, 3.05) is 0 Å². The summed E-state index contributed by atoms with van der Waals surface area (Å²) >= 11 is 3.38. The molecule has 0 unspecified atom stereocenters. The van der Waals surface area contributed by atoms with Crippen LogP contribution in [0.25, 0.3) is 36.9 Å². The quantitative estimate of drug-likeness (QED) is 0.301. The largest absolute Gasteiger partial charge is 0.457 e. The predicted molar refractivity (Wildman–Crippen MR) is 124 cm³/mol. The molecule has 0 aliphatic heterocycles. The van der Waals surface area contributed by atoms with E-state index in [2.05, 4.69) is 34.6 Å². The fourth-order valence-electron chi connectivity index (χ4n) is 3.49. The van der Waals surface area contributed by atoms with Crippen molar-refractivity contribution in [2.45, 2.75) is 0 Å². The van der Waals surface area contributed by atoms with Crippen LogP contribution in [0.5, 0.6) is 11.5 Å². The number of pyridine rings is 1. The van der Waals surface area contributed by atoms with Crippen LogP contribution >= 0.6 is 22.7 Å². The van der Waals surface area contributed by atoms with Crippen molar-refractivity contribution in [3.05, 3.63) is 90.7 Å². The van der Waals surface area contributed by atoms with Crippen molar-refractivity contribution in [1.29, 1.82) is 0 Å². The smallest absolute Gasteiger partial charge is 0.135 e. The molecule has 0 radical (unpaired) electrons. The van der Waals surface area contributed by atoms with E-state index in [9.17, 15) is 0 Å². The number of thiophene rings is 1. The average molecular weight is 426 g/mol. The number of rotatable bonds is 4. The van der Waals surface area contributed by atoms with Crippen molar-refractivity contribution in [1.82, 2.24) is 14.4 Å². The third kappa shape index (κ3) is 3.07. The van der Waals surface area contributed by atoms with Crippen LogP contribution in [0.15, 0.2) is 90.7 Å². The van der Waals surface area contributed by atoms with Gasteiger partial charge in [-0.3, -0.25) is 0 Å². The molecule has 144 valence electrons. The number of ether oxygens (including phenoxy) is 1. The second-order valence-corrected chi connectivity index (χ2v) is 8.78. The highest BCUT2D eigenvalue weighted by Crippen LogP contribution is 2.35. The van der Waals surface area contributed by atoms with Gasteiger partial charge in [0.15, 0.2) is 0 Å². The van der Waals surface area contributed by atoms with E-state index < -0.39 is 0 Å². The number of thiazole rings is 1. The minimum atomic E-state index is 0.779. The van der Waals surface area contributed by atoms with Gasteiger partial charge >= 0.3 is 0 Å². The Morgan fingerprint density at radius 2 is 1.67 bits per heavy atom. The zero-order valence-corrected chi connectivity index (χ0v) is 17.4. The van der Waals surface area contributed by atoms with Gasteiger partial charge in [0, 0.05) is 17.3 Å². The Kier molecular flexibility index (Phi) is 4.11. The van der Waals surface area contributed by atoms with Gasteiger partial charge in [-0.1, -0.05) is 30.3 Å². The Balaban J connectivity index is 1.32. The zero-order chi connectivity index (χ0) is 19.9. The van der Waals surface area contributed by atoms with Gasteiger partial charge in [-0.25, -0.2) is 9.97 Å². The van der Waals surface area contributed by atoms with E-state index >= 15 is 0 Å². The van der Waals surface area contributed by atoms with Crippen LogP contribution in [0.4, 0.5) is 0 Å². The lowest BCUT2D eigenvalue weighted by atomic mass is 10.1. The summed E-state index contributed by atoms with van der Waals surface area (Å²) in [7, 11) is 0. The highest BCUT2D eigenvalue weighted by molar-refractivity contribution is 7.27. The molecule has 6 heteroatoms. The van der Waals surface area contributed by atoms with Crippen LogP contribution in [-0.2, 0) is 0 Å². The first-order chi connectivity index (χ1) is 14.8. The van der Waals surface area contributed by atoms with Gasteiger partial charge in [-0.15, -0.1) is 22.7 Å². The molecule has 6 aromatic rings. The number of hydrogen-bond donors (Lipinski definition) is 0. The lowest BCUT2D eigenvalue weighted by molar-refractivity contribution is 0.483. The zero-order valence-electron chi connectivity index (χ0n) is 15.7. The van der Waals surface area contributed by atoms with Crippen LogP contribution in [0.3, 0.4) is 0 Å². The van der Waals surface area contributed by atoms with E-state index in [0.717, 1.165) is 43.7 Å². The number of benzene rings is 2. The van der Waals surface area contributed by atoms with Crippen LogP contribution in [0, 0.1) is 0 Å². The van der Waals surface area contributed by atoms with Crippen LogP contribution < -0.4 is 4.74 Å². The van der Waals surface area contributed by atoms with E-state index in [0.29, 0.717) is 0 Å². The molecule has 4 heterocycles. The second kappa shape index (κ2) is 7.09. The highest BCUT2D eigenvalue weighted by Gasteiger charge is 2.10. The van der Waals surface area contributed by atoms with E-state index in [4.69, 9.17) is 9.72 Å². The first-order valence-corrected chi connectivity index (χ1v) is 11.2. The predicted octanol–water partition coefficient (Wildman–Crippen LogP) is 7.13. The van der Waals surface area contributed by atoms with Crippen LogP contribution in [-0.4, -0.2) is 14.4 Å². The summed E-state index contributed by atoms with van der Waals surface area (Å²) in [6.45, 7) is 0. The number of nitrogens with zero attached hydrogens (tertiary/aromatic N) is 3. The Morgan fingerprint density at radius 1 is 0.833 bits per heavy atom. The van der Waals surface area contributed by atoms with E-state index in [-0.39, 0.29) is 0 Å². The Morgan fingerprint density at radius 3 is 2.53 bits per heavy atom. The fourth-order valence-corrected chi connectivity index (χ4v) is 5.43. The monoisotopic (exact) mass is 425 g/mol. The Hall–Kier alpha value is -3.48. The first-order valence-electron chi connectivity index (χ1n) is 9.48. The summed E-state index contributed by atoms with van der Waals surface area (Å²) in [6, 6.07) is 24.3.